The van der Waals surface area contributed by atoms with Crippen molar-refractivity contribution in [3.63, 3.8) is 0 Å². The Labute approximate surface area is 86.2 Å². The Morgan fingerprint density at radius 2 is 2.23 bits per heavy atom. The van der Waals surface area contributed by atoms with Crippen molar-refractivity contribution < 1.29 is 9.53 Å². The number of hydrogen-bond acceptors (Lipinski definition) is 3. The maximum absolute atomic E-state index is 10.8. The normalized spacial score (nSPS) is 9.69. The number of rotatable bonds is 2. The molecular weight excluding hydrogens is 208 g/mol. The maximum Gasteiger partial charge on any atom is 0.367 e. The van der Waals surface area contributed by atoms with Gasteiger partial charge in [0.2, 0.25) is 0 Å². The molecule has 0 aliphatic carbocycles. The van der Waals surface area contributed by atoms with E-state index in [1.807, 2.05) is 18.2 Å². The van der Waals surface area contributed by atoms with Crippen LogP contribution in [0.2, 0.25) is 5.02 Å². The highest BCUT2D eigenvalue weighted by Crippen LogP contribution is 2.16. The standard InChI is InChI=1S/C9H9ClO2S/c1-13-9(11)12-6-7-4-2-3-5-8(7)10/h2-5H,6H2,1H3. The molecule has 1 rings (SSSR count). The summed E-state index contributed by atoms with van der Waals surface area (Å²) < 4.78 is 4.90. The average molecular weight is 217 g/mol. The van der Waals surface area contributed by atoms with Crippen molar-refractivity contribution >= 4 is 28.7 Å². The van der Waals surface area contributed by atoms with E-state index in [4.69, 9.17) is 16.3 Å². The van der Waals surface area contributed by atoms with Crippen molar-refractivity contribution in [3.05, 3.63) is 34.9 Å². The molecule has 0 saturated carbocycles. The van der Waals surface area contributed by atoms with Gasteiger partial charge in [-0.2, -0.15) is 0 Å². The highest BCUT2D eigenvalue weighted by molar-refractivity contribution is 8.12. The van der Waals surface area contributed by atoms with Crippen LogP contribution in [0.15, 0.2) is 24.3 Å². The van der Waals surface area contributed by atoms with E-state index < -0.39 is 0 Å². The van der Waals surface area contributed by atoms with Gasteiger partial charge in [-0.25, -0.2) is 4.79 Å². The maximum atomic E-state index is 10.8. The lowest BCUT2D eigenvalue weighted by molar-refractivity contribution is 0.169. The molecule has 0 spiro atoms. The van der Waals surface area contributed by atoms with Gasteiger partial charge in [-0.3, -0.25) is 0 Å². The predicted octanol–water partition coefficient (Wildman–Crippen LogP) is 3.34. The fraction of sp³-hybridized carbons (Fsp3) is 0.222. The molecule has 0 aromatic heterocycles. The molecule has 0 aliphatic rings. The Hall–Kier alpha value is -0.670. The zero-order chi connectivity index (χ0) is 9.68. The fourth-order valence-electron chi connectivity index (χ4n) is 0.811. The molecule has 0 bridgehead atoms. The van der Waals surface area contributed by atoms with Crippen molar-refractivity contribution in [2.24, 2.45) is 0 Å². The van der Waals surface area contributed by atoms with E-state index in [1.165, 1.54) is 0 Å². The molecule has 4 heteroatoms. The number of carbonyl (C=O) groups excluding carboxylic acids is 1. The summed E-state index contributed by atoms with van der Waals surface area (Å²) in [5.41, 5.74) is 0.826. The lowest BCUT2D eigenvalue weighted by atomic mass is 10.2. The lowest BCUT2D eigenvalue weighted by Gasteiger charge is -2.03. The van der Waals surface area contributed by atoms with Crippen LogP contribution in [-0.2, 0) is 11.3 Å². The van der Waals surface area contributed by atoms with Gasteiger partial charge in [-0.05, 0) is 24.1 Å². The number of ether oxygens (including phenoxy) is 1. The van der Waals surface area contributed by atoms with Gasteiger partial charge in [0.1, 0.15) is 6.61 Å². The third-order valence-electron chi connectivity index (χ3n) is 1.47. The minimum atomic E-state index is -0.292. The van der Waals surface area contributed by atoms with Crippen LogP contribution in [0.1, 0.15) is 5.56 Å². The molecule has 1 aromatic carbocycles. The summed E-state index contributed by atoms with van der Waals surface area (Å²) in [7, 11) is 0. The lowest BCUT2D eigenvalue weighted by Crippen LogP contribution is -1.97. The summed E-state index contributed by atoms with van der Waals surface area (Å²) in [6.07, 6.45) is 1.68. The van der Waals surface area contributed by atoms with Crippen molar-refractivity contribution in [3.8, 4) is 0 Å². The Morgan fingerprint density at radius 3 is 2.85 bits per heavy atom. The summed E-state index contributed by atoms with van der Waals surface area (Å²) >= 11 is 6.90. The molecule has 0 heterocycles. The molecule has 0 unspecified atom stereocenters. The summed E-state index contributed by atoms with van der Waals surface area (Å²) in [6, 6.07) is 7.29. The Balaban J connectivity index is 2.54. The molecule has 0 fully saturated rings. The van der Waals surface area contributed by atoms with Gasteiger partial charge >= 0.3 is 5.30 Å². The molecule has 0 radical (unpaired) electrons. The first kappa shape index (κ1) is 10.4. The Kier molecular flexibility index (Phi) is 4.12. The van der Waals surface area contributed by atoms with E-state index in [0.717, 1.165) is 17.3 Å². The van der Waals surface area contributed by atoms with E-state index in [2.05, 4.69) is 0 Å². The number of thioether (sulfide) groups is 1. The number of hydrogen-bond donors (Lipinski definition) is 0. The molecule has 0 atom stereocenters. The fourth-order valence-corrected chi connectivity index (χ4v) is 1.18. The molecule has 0 N–H and O–H groups in total. The van der Waals surface area contributed by atoms with E-state index in [1.54, 1.807) is 12.3 Å². The number of carbonyl (C=O) groups is 1. The van der Waals surface area contributed by atoms with Crippen LogP contribution < -0.4 is 0 Å². The SMILES string of the molecule is CSC(=O)OCc1ccccc1Cl. The third kappa shape index (κ3) is 3.28. The van der Waals surface area contributed by atoms with Crippen molar-refractivity contribution in [1.82, 2.24) is 0 Å². The van der Waals surface area contributed by atoms with Gasteiger partial charge in [0.15, 0.2) is 0 Å². The van der Waals surface area contributed by atoms with E-state index in [-0.39, 0.29) is 11.9 Å². The highest BCUT2D eigenvalue weighted by Gasteiger charge is 2.02. The minimum absolute atomic E-state index is 0.235. The number of halogens is 1. The highest BCUT2D eigenvalue weighted by atomic mass is 35.5. The van der Waals surface area contributed by atoms with Crippen LogP contribution in [0, 0.1) is 0 Å². The number of benzene rings is 1. The molecule has 13 heavy (non-hydrogen) atoms. The van der Waals surface area contributed by atoms with Crippen LogP contribution in [0.4, 0.5) is 4.79 Å². The first-order chi connectivity index (χ1) is 6.24. The van der Waals surface area contributed by atoms with E-state index >= 15 is 0 Å². The zero-order valence-electron chi connectivity index (χ0n) is 7.12. The Morgan fingerprint density at radius 1 is 1.54 bits per heavy atom. The minimum Gasteiger partial charge on any atom is -0.453 e. The average Bonchev–Trinajstić information content (AvgIpc) is 2.16. The second-order valence-corrected chi connectivity index (χ2v) is 3.48. The van der Waals surface area contributed by atoms with Crippen molar-refractivity contribution in [1.29, 1.82) is 0 Å². The van der Waals surface area contributed by atoms with Crippen molar-refractivity contribution in [2.75, 3.05) is 6.26 Å². The van der Waals surface area contributed by atoms with E-state index in [0.29, 0.717) is 5.02 Å². The third-order valence-corrected chi connectivity index (χ3v) is 2.29. The van der Waals surface area contributed by atoms with Crippen LogP contribution in [0.3, 0.4) is 0 Å². The second kappa shape index (κ2) is 5.14. The topological polar surface area (TPSA) is 26.3 Å². The summed E-state index contributed by atoms with van der Waals surface area (Å²) in [6.45, 7) is 0.235. The van der Waals surface area contributed by atoms with Crippen LogP contribution >= 0.6 is 23.4 Å². The Bertz CT molecular complexity index is 301. The second-order valence-electron chi connectivity index (χ2n) is 2.33. The smallest absolute Gasteiger partial charge is 0.367 e. The molecule has 0 amide bonds. The van der Waals surface area contributed by atoms with Gasteiger partial charge < -0.3 is 4.74 Å². The summed E-state index contributed by atoms with van der Waals surface area (Å²) in [5.74, 6) is 0. The molecule has 1 aromatic rings. The molecule has 2 nitrogen and oxygen atoms in total. The van der Waals surface area contributed by atoms with Crippen molar-refractivity contribution in [2.45, 2.75) is 6.61 Å². The first-order valence-corrected chi connectivity index (χ1v) is 5.28. The molecular formula is C9H9ClO2S. The largest absolute Gasteiger partial charge is 0.453 e. The van der Waals surface area contributed by atoms with Gasteiger partial charge in [-0.1, -0.05) is 29.8 Å². The van der Waals surface area contributed by atoms with E-state index in [9.17, 15) is 4.79 Å². The predicted molar refractivity (Wildman–Crippen MR) is 55.2 cm³/mol. The zero-order valence-corrected chi connectivity index (χ0v) is 8.69. The summed E-state index contributed by atoms with van der Waals surface area (Å²) in [4.78, 5) is 10.8. The van der Waals surface area contributed by atoms with Crippen LogP contribution in [0.5, 0.6) is 0 Å². The monoisotopic (exact) mass is 216 g/mol. The molecule has 0 aliphatic heterocycles. The van der Waals surface area contributed by atoms with Gasteiger partial charge in [-0.15, -0.1) is 0 Å². The molecule has 0 saturated heterocycles. The van der Waals surface area contributed by atoms with Gasteiger partial charge in [0, 0.05) is 10.6 Å². The molecule has 70 valence electrons. The quantitative estimate of drug-likeness (QED) is 0.710. The first-order valence-electron chi connectivity index (χ1n) is 3.68. The van der Waals surface area contributed by atoms with Crippen LogP contribution in [-0.4, -0.2) is 11.6 Å². The van der Waals surface area contributed by atoms with Gasteiger partial charge in [0.25, 0.3) is 0 Å². The summed E-state index contributed by atoms with van der Waals surface area (Å²) in [5, 5.41) is 0.330. The van der Waals surface area contributed by atoms with Gasteiger partial charge in [0.05, 0.1) is 0 Å². The van der Waals surface area contributed by atoms with Crippen LogP contribution in [0.25, 0.3) is 0 Å².